The fraction of sp³-hybridized carbons (Fsp3) is 0.286. The van der Waals surface area contributed by atoms with Gasteiger partial charge >= 0.3 is 0 Å². The summed E-state index contributed by atoms with van der Waals surface area (Å²) in [5.41, 5.74) is 1.37. The SMILES string of the molecule is CCNC(=O)c1ccc(NC(C)c2cccnc2)nn1. The smallest absolute Gasteiger partial charge is 0.271 e. The lowest BCUT2D eigenvalue weighted by atomic mass is 10.1. The largest absolute Gasteiger partial charge is 0.362 e. The Labute approximate surface area is 117 Å². The third-order valence-electron chi connectivity index (χ3n) is 2.78. The van der Waals surface area contributed by atoms with Crippen LogP contribution in [-0.2, 0) is 0 Å². The van der Waals surface area contributed by atoms with Gasteiger partial charge in [0.2, 0.25) is 0 Å². The first-order chi connectivity index (χ1) is 9.70. The maximum absolute atomic E-state index is 11.6. The zero-order valence-electron chi connectivity index (χ0n) is 11.5. The van der Waals surface area contributed by atoms with Crippen LogP contribution < -0.4 is 10.6 Å². The van der Waals surface area contributed by atoms with E-state index in [0.29, 0.717) is 18.1 Å². The molecule has 6 nitrogen and oxygen atoms in total. The van der Waals surface area contributed by atoms with Gasteiger partial charge in [-0.15, -0.1) is 10.2 Å². The molecule has 20 heavy (non-hydrogen) atoms. The highest BCUT2D eigenvalue weighted by Crippen LogP contribution is 2.15. The average molecular weight is 271 g/mol. The number of aromatic nitrogens is 3. The van der Waals surface area contributed by atoms with Crippen LogP contribution in [0.4, 0.5) is 5.82 Å². The van der Waals surface area contributed by atoms with E-state index in [0.717, 1.165) is 5.56 Å². The van der Waals surface area contributed by atoms with E-state index in [4.69, 9.17) is 0 Å². The van der Waals surface area contributed by atoms with Crippen molar-refractivity contribution >= 4 is 11.7 Å². The molecular weight excluding hydrogens is 254 g/mol. The molecule has 0 radical (unpaired) electrons. The molecule has 0 fully saturated rings. The first-order valence-corrected chi connectivity index (χ1v) is 6.49. The highest BCUT2D eigenvalue weighted by atomic mass is 16.1. The van der Waals surface area contributed by atoms with Gasteiger partial charge in [-0.1, -0.05) is 6.07 Å². The quantitative estimate of drug-likeness (QED) is 0.866. The molecule has 0 saturated heterocycles. The Morgan fingerprint density at radius 2 is 2.15 bits per heavy atom. The second-order valence-corrected chi connectivity index (χ2v) is 4.32. The van der Waals surface area contributed by atoms with Gasteiger partial charge in [0, 0.05) is 18.9 Å². The number of anilines is 1. The van der Waals surface area contributed by atoms with Crippen LogP contribution in [0.3, 0.4) is 0 Å². The van der Waals surface area contributed by atoms with Gasteiger partial charge in [-0.05, 0) is 37.6 Å². The Kier molecular flexibility index (Phi) is 4.60. The summed E-state index contributed by atoms with van der Waals surface area (Å²) in [5, 5.41) is 13.8. The summed E-state index contributed by atoms with van der Waals surface area (Å²) in [6.07, 6.45) is 3.53. The average Bonchev–Trinajstić information content (AvgIpc) is 2.49. The van der Waals surface area contributed by atoms with Crippen molar-refractivity contribution in [3.63, 3.8) is 0 Å². The lowest BCUT2D eigenvalue weighted by molar-refractivity contribution is 0.0950. The lowest BCUT2D eigenvalue weighted by Gasteiger charge is -2.13. The summed E-state index contributed by atoms with van der Waals surface area (Å²) in [6, 6.07) is 7.33. The third kappa shape index (κ3) is 3.50. The molecule has 1 unspecified atom stereocenters. The number of carbonyl (C=O) groups is 1. The highest BCUT2D eigenvalue weighted by Gasteiger charge is 2.09. The molecule has 0 aromatic carbocycles. The Hall–Kier alpha value is -2.50. The Balaban J connectivity index is 2.02. The minimum Gasteiger partial charge on any atom is -0.362 e. The normalized spacial score (nSPS) is 11.7. The van der Waals surface area contributed by atoms with Gasteiger partial charge in [0.15, 0.2) is 5.69 Å². The maximum atomic E-state index is 11.6. The standard InChI is InChI=1S/C14H17N5O/c1-3-16-14(20)12-6-7-13(19-18-12)17-10(2)11-5-4-8-15-9-11/h4-10H,3H2,1-2H3,(H,16,20)(H,17,19). The van der Waals surface area contributed by atoms with Crippen LogP contribution in [0.15, 0.2) is 36.7 Å². The number of hydrogen-bond donors (Lipinski definition) is 2. The maximum Gasteiger partial charge on any atom is 0.271 e. The van der Waals surface area contributed by atoms with Crippen molar-refractivity contribution in [2.24, 2.45) is 0 Å². The molecule has 0 saturated carbocycles. The van der Waals surface area contributed by atoms with Crippen LogP contribution in [0.2, 0.25) is 0 Å². The third-order valence-corrected chi connectivity index (χ3v) is 2.78. The minimum atomic E-state index is -0.216. The monoisotopic (exact) mass is 271 g/mol. The number of nitrogens with one attached hydrogen (secondary N) is 2. The Morgan fingerprint density at radius 3 is 2.75 bits per heavy atom. The highest BCUT2D eigenvalue weighted by molar-refractivity contribution is 5.92. The van der Waals surface area contributed by atoms with Crippen molar-refractivity contribution in [3.8, 4) is 0 Å². The molecule has 0 spiro atoms. The zero-order chi connectivity index (χ0) is 14.4. The number of carbonyl (C=O) groups excluding carboxylic acids is 1. The van der Waals surface area contributed by atoms with E-state index in [1.807, 2.05) is 26.0 Å². The van der Waals surface area contributed by atoms with Crippen LogP contribution >= 0.6 is 0 Å². The van der Waals surface area contributed by atoms with E-state index >= 15 is 0 Å². The first-order valence-electron chi connectivity index (χ1n) is 6.49. The number of rotatable bonds is 5. The van der Waals surface area contributed by atoms with Crippen molar-refractivity contribution in [1.82, 2.24) is 20.5 Å². The van der Waals surface area contributed by atoms with Gasteiger partial charge in [0.25, 0.3) is 5.91 Å². The van der Waals surface area contributed by atoms with Crippen molar-refractivity contribution in [2.75, 3.05) is 11.9 Å². The molecule has 2 N–H and O–H groups in total. The van der Waals surface area contributed by atoms with Crippen LogP contribution in [0, 0.1) is 0 Å². The molecule has 1 atom stereocenters. The summed E-state index contributed by atoms with van der Waals surface area (Å²) in [4.78, 5) is 15.6. The van der Waals surface area contributed by atoms with Gasteiger partial charge in [0.1, 0.15) is 5.82 Å². The van der Waals surface area contributed by atoms with Crippen LogP contribution in [-0.4, -0.2) is 27.6 Å². The van der Waals surface area contributed by atoms with E-state index in [9.17, 15) is 4.79 Å². The number of pyridine rings is 1. The lowest BCUT2D eigenvalue weighted by Crippen LogP contribution is -2.24. The van der Waals surface area contributed by atoms with Gasteiger partial charge in [-0.2, -0.15) is 0 Å². The van der Waals surface area contributed by atoms with Crippen molar-refractivity contribution in [1.29, 1.82) is 0 Å². The van der Waals surface area contributed by atoms with E-state index in [1.54, 1.807) is 24.5 Å². The minimum absolute atomic E-state index is 0.0633. The molecule has 104 valence electrons. The predicted molar refractivity (Wildman–Crippen MR) is 76.3 cm³/mol. The predicted octanol–water partition coefficient (Wildman–Crippen LogP) is 1.79. The Bertz CT molecular complexity index is 556. The molecule has 0 aliphatic rings. The van der Waals surface area contributed by atoms with Crippen molar-refractivity contribution < 1.29 is 4.79 Å². The zero-order valence-corrected chi connectivity index (χ0v) is 11.5. The summed E-state index contributed by atoms with van der Waals surface area (Å²) in [6.45, 7) is 4.44. The number of nitrogens with zero attached hydrogens (tertiary/aromatic N) is 3. The van der Waals surface area contributed by atoms with E-state index in [1.165, 1.54) is 0 Å². The van der Waals surface area contributed by atoms with Crippen molar-refractivity contribution in [2.45, 2.75) is 19.9 Å². The first kappa shape index (κ1) is 13.9. The van der Waals surface area contributed by atoms with Crippen LogP contribution in [0.25, 0.3) is 0 Å². The van der Waals surface area contributed by atoms with Crippen molar-refractivity contribution in [3.05, 3.63) is 47.9 Å². The Morgan fingerprint density at radius 1 is 1.30 bits per heavy atom. The van der Waals surface area contributed by atoms with Gasteiger partial charge in [-0.25, -0.2) is 0 Å². The molecule has 0 bridgehead atoms. The molecule has 0 aliphatic heterocycles. The summed E-state index contributed by atoms with van der Waals surface area (Å²) in [7, 11) is 0. The summed E-state index contributed by atoms with van der Waals surface area (Å²) in [5.74, 6) is 0.404. The van der Waals surface area contributed by atoms with Crippen LogP contribution in [0.1, 0.15) is 35.9 Å². The molecule has 1 amide bonds. The van der Waals surface area contributed by atoms with Crippen LogP contribution in [0.5, 0.6) is 0 Å². The number of amides is 1. The van der Waals surface area contributed by atoms with Gasteiger partial charge < -0.3 is 10.6 Å². The fourth-order valence-electron chi connectivity index (χ4n) is 1.72. The topological polar surface area (TPSA) is 79.8 Å². The summed E-state index contributed by atoms with van der Waals surface area (Å²) >= 11 is 0. The second kappa shape index (κ2) is 6.60. The van der Waals surface area contributed by atoms with E-state index in [2.05, 4.69) is 25.8 Å². The number of hydrogen-bond acceptors (Lipinski definition) is 5. The van der Waals surface area contributed by atoms with E-state index in [-0.39, 0.29) is 11.9 Å². The molecule has 2 aromatic rings. The molecule has 0 aliphatic carbocycles. The molecule has 2 rings (SSSR count). The molecular formula is C14H17N5O. The van der Waals surface area contributed by atoms with Gasteiger partial charge in [-0.3, -0.25) is 9.78 Å². The second-order valence-electron chi connectivity index (χ2n) is 4.32. The van der Waals surface area contributed by atoms with Gasteiger partial charge in [0.05, 0.1) is 6.04 Å². The molecule has 6 heteroatoms. The van der Waals surface area contributed by atoms with E-state index < -0.39 is 0 Å². The fourth-order valence-corrected chi connectivity index (χ4v) is 1.72. The molecule has 2 aromatic heterocycles. The summed E-state index contributed by atoms with van der Waals surface area (Å²) < 4.78 is 0. The molecule has 2 heterocycles.